The van der Waals surface area contributed by atoms with Crippen molar-refractivity contribution in [1.82, 2.24) is 10.2 Å². The molecule has 5 heteroatoms. The Kier molecular flexibility index (Phi) is 3.23. The van der Waals surface area contributed by atoms with Gasteiger partial charge in [0.2, 0.25) is 0 Å². The number of nitrogens with one attached hydrogen (secondary N) is 1. The van der Waals surface area contributed by atoms with Crippen molar-refractivity contribution in [3.8, 4) is 17.0 Å². The zero-order chi connectivity index (χ0) is 13.1. The van der Waals surface area contributed by atoms with Crippen molar-refractivity contribution in [1.29, 1.82) is 5.41 Å². The molecule has 2 N–H and O–H groups in total. The highest BCUT2D eigenvalue weighted by Crippen LogP contribution is 2.30. The van der Waals surface area contributed by atoms with Crippen LogP contribution in [0.5, 0.6) is 5.75 Å². The molecule has 0 fully saturated rings. The standard InChI is InChI=1S/C13H10BN3O/c1-2-8-6-12(18)10(5-9(8)7-15)11-3-4-13(14)17-16-11/h2-7,15,18H,1H2. The average molecular weight is 235 g/mol. The molecule has 0 bridgehead atoms. The summed E-state index contributed by atoms with van der Waals surface area (Å²) in [6.07, 6.45) is 2.78. The van der Waals surface area contributed by atoms with Gasteiger partial charge in [0.05, 0.1) is 5.69 Å². The van der Waals surface area contributed by atoms with E-state index in [4.69, 9.17) is 13.3 Å². The Morgan fingerprint density at radius 3 is 2.56 bits per heavy atom. The first kappa shape index (κ1) is 12.0. The van der Waals surface area contributed by atoms with Gasteiger partial charge in [0.15, 0.2) is 0 Å². The van der Waals surface area contributed by atoms with Crippen molar-refractivity contribution in [2.24, 2.45) is 0 Å². The van der Waals surface area contributed by atoms with Gasteiger partial charge in [-0.3, -0.25) is 0 Å². The highest BCUT2D eigenvalue weighted by molar-refractivity contribution is 6.30. The molecule has 0 saturated heterocycles. The molecule has 1 heterocycles. The monoisotopic (exact) mass is 235 g/mol. The van der Waals surface area contributed by atoms with E-state index in [1.165, 1.54) is 6.21 Å². The van der Waals surface area contributed by atoms with Crippen LogP contribution in [0.15, 0.2) is 30.8 Å². The third-order valence-corrected chi connectivity index (χ3v) is 2.54. The summed E-state index contributed by atoms with van der Waals surface area (Å²) >= 11 is 0. The molecule has 0 atom stereocenters. The smallest absolute Gasteiger partial charge is 0.144 e. The molecule has 0 amide bonds. The van der Waals surface area contributed by atoms with Gasteiger partial charge in [-0.25, -0.2) is 0 Å². The summed E-state index contributed by atoms with van der Waals surface area (Å²) in [4.78, 5) is 0. The van der Waals surface area contributed by atoms with Gasteiger partial charge in [0, 0.05) is 22.9 Å². The van der Waals surface area contributed by atoms with Gasteiger partial charge in [-0.05, 0) is 29.8 Å². The van der Waals surface area contributed by atoms with E-state index >= 15 is 0 Å². The van der Waals surface area contributed by atoms with E-state index in [-0.39, 0.29) is 5.75 Å². The van der Waals surface area contributed by atoms with Gasteiger partial charge < -0.3 is 10.5 Å². The van der Waals surface area contributed by atoms with Crippen molar-refractivity contribution in [3.05, 3.63) is 42.0 Å². The molecule has 2 aromatic rings. The fourth-order valence-corrected chi connectivity index (χ4v) is 1.61. The first-order chi connectivity index (χ1) is 8.65. The Morgan fingerprint density at radius 1 is 1.22 bits per heavy atom. The van der Waals surface area contributed by atoms with Crippen molar-refractivity contribution in [2.75, 3.05) is 0 Å². The van der Waals surface area contributed by atoms with Crippen LogP contribution in [0.1, 0.15) is 11.1 Å². The predicted molar refractivity (Wildman–Crippen MR) is 72.5 cm³/mol. The predicted octanol–water partition coefficient (Wildman–Crippen LogP) is 1.28. The first-order valence-electron chi connectivity index (χ1n) is 5.25. The minimum Gasteiger partial charge on any atom is -0.507 e. The minimum absolute atomic E-state index is 0.0644. The fourth-order valence-electron chi connectivity index (χ4n) is 1.61. The topological polar surface area (TPSA) is 69.9 Å². The highest BCUT2D eigenvalue weighted by atomic mass is 16.3. The van der Waals surface area contributed by atoms with E-state index in [0.717, 1.165) is 0 Å². The molecule has 0 aliphatic heterocycles. The maximum absolute atomic E-state index is 9.94. The third kappa shape index (κ3) is 2.15. The minimum atomic E-state index is 0.0644. The summed E-state index contributed by atoms with van der Waals surface area (Å²) in [6, 6.07) is 6.48. The lowest BCUT2D eigenvalue weighted by molar-refractivity contribution is 0.477. The zero-order valence-electron chi connectivity index (χ0n) is 9.59. The molecule has 0 saturated carbocycles. The van der Waals surface area contributed by atoms with Gasteiger partial charge in [-0.1, -0.05) is 12.7 Å². The molecule has 1 aromatic carbocycles. The van der Waals surface area contributed by atoms with E-state index < -0.39 is 0 Å². The lowest BCUT2D eigenvalue weighted by Crippen LogP contribution is -2.09. The largest absolute Gasteiger partial charge is 0.507 e. The van der Waals surface area contributed by atoms with Crippen LogP contribution in [0, 0.1) is 5.41 Å². The molecule has 0 unspecified atom stereocenters. The van der Waals surface area contributed by atoms with E-state index in [1.807, 2.05) is 0 Å². The van der Waals surface area contributed by atoms with Crippen molar-refractivity contribution in [3.63, 3.8) is 0 Å². The second-order valence-electron chi connectivity index (χ2n) is 3.69. The molecule has 2 rings (SSSR count). The molecule has 0 aliphatic rings. The second kappa shape index (κ2) is 4.83. The Bertz CT molecular complexity index is 608. The molecular formula is C13H10BN3O. The van der Waals surface area contributed by atoms with Crippen LogP contribution in [0.3, 0.4) is 0 Å². The molecule has 86 valence electrons. The van der Waals surface area contributed by atoms with Crippen molar-refractivity contribution in [2.45, 2.75) is 0 Å². The number of rotatable bonds is 3. The molecule has 1 aromatic heterocycles. The number of aromatic nitrogens is 2. The molecule has 18 heavy (non-hydrogen) atoms. The number of nitrogens with zero attached hydrogens (tertiary/aromatic N) is 2. The van der Waals surface area contributed by atoms with Gasteiger partial charge >= 0.3 is 0 Å². The quantitative estimate of drug-likeness (QED) is 0.621. The van der Waals surface area contributed by atoms with Crippen LogP contribution < -0.4 is 5.59 Å². The van der Waals surface area contributed by atoms with Crippen LogP contribution in [0.4, 0.5) is 0 Å². The maximum Gasteiger partial charge on any atom is 0.144 e. The van der Waals surface area contributed by atoms with Crippen LogP contribution in [-0.4, -0.2) is 29.4 Å². The van der Waals surface area contributed by atoms with E-state index in [9.17, 15) is 5.11 Å². The Hall–Kier alpha value is -2.43. The number of phenols is 1. The zero-order valence-corrected chi connectivity index (χ0v) is 9.59. The van der Waals surface area contributed by atoms with E-state index in [1.54, 1.807) is 30.3 Å². The van der Waals surface area contributed by atoms with Crippen molar-refractivity contribution < 1.29 is 5.11 Å². The number of aromatic hydroxyl groups is 1. The summed E-state index contributed by atoms with van der Waals surface area (Å²) in [6.45, 7) is 3.64. The van der Waals surface area contributed by atoms with Gasteiger partial charge in [-0.2, -0.15) is 10.2 Å². The van der Waals surface area contributed by atoms with Crippen LogP contribution >= 0.6 is 0 Å². The molecule has 0 aliphatic carbocycles. The molecular weight excluding hydrogens is 225 g/mol. The summed E-state index contributed by atoms with van der Waals surface area (Å²) in [5, 5.41) is 24.9. The Morgan fingerprint density at radius 2 is 2.00 bits per heavy atom. The lowest BCUT2D eigenvalue weighted by atomic mass is 10.00. The molecule has 2 radical (unpaired) electrons. The Labute approximate surface area is 106 Å². The molecule has 4 nitrogen and oxygen atoms in total. The maximum atomic E-state index is 9.94. The average Bonchev–Trinajstić information content (AvgIpc) is 2.39. The fraction of sp³-hybridized carbons (Fsp3) is 0. The summed E-state index contributed by atoms with van der Waals surface area (Å²) in [5.41, 5.74) is 2.66. The normalized spacial score (nSPS) is 10.0. The van der Waals surface area contributed by atoms with E-state index in [2.05, 4.69) is 16.8 Å². The van der Waals surface area contributed by atoms with Gasteiger partial charge in [0.1, 0.15) is 13.6 Å². The number of hydrogen-bond donors (Lipinski definition) is 2. The Balaban J connectivity index is 2.60. The number of phenolic OH excluding ortho intramolecular Hbond substituents is 1. The number of hydrogen-bond acceptors (Lipinski definition) is 4. The SMILES string of the molecule is [B]c1ccc(-c2cc(C=N)c(C=C)cc2O)nn1. The van der Waals surface area contributed by atoms with E-state index in [0.29, 0.717) is 28.0 Å². The highest BCUT2D eigenvalue weighted by Gasteiger charge is 2.09. The number of benzene rings is 1. The second-order valence-corrected chi connectivity index (χ2v) is 3.69. The lowest BCUT2D eigenvalue weighted by Gasteiger charge is -2.08. The van der Waals surface area contributed by atoms with Gasteiger partial charge in [-0.15, -0.1) is 0 Å². The van der Waals surface area contributed by atoms with Gasteiger partial charge in [0.25, 0.3) is 0 Å². The summed E-state index contributed by atoms with van der Waals surface area (Å²) in [7, 11) is 5.46. The van der Waals surface area contributed by atoms with Crippen molar-refractivity contribution >= 4 is 25.7 Å². The van der Waals surface area contributed by atoms with Crippen LogP contribution in [0.2, 0.25) is 0 Å². The summed E-state index contributed by atoms with van der Waals surface area (Å²) in [5.74, 6) is 0.0644. The molecule has 0 spiro atoms. The van der Waals surface area contributed by atoms with Crippen LogP contribution in [-0.2, 0) is 0 Å². The first-order valence-corrected chi connectivity index (χ1v) is 5.25. The summed E-state index contributed by atoms with van der Waals surface area (Å²) < 4.78 is 0. The van der Waals surface area contributed by atoms with Crippen LogP contribution in [0.25, 0.3) is 17.3 Å². The third-order valence-electron chi connectivity index (χ3n) is 2.54.